The fourth-order valence-corrected chi connectivity index (χ4v) is 2.80. The van der Waals surface area contributed by atoms with Crippen molar-refractivity contribution in [2.24, 2.45) is 0 Å². The molecule has 0 N–H and O–H groups in total. The van der Waals surface area contributed by atoms with Crippen LogP contribution in [0.15, 0.2) is 0 Å². The summed E-state index contributed by atoms with van der Waals surface area (Å²) in [5.41, 5.74) is 0. The molecule has 0 radical (unpaired) electrons. The molecule has 0 aliphatic carbocycles. The molecule has 0 saturated carbocycles. The van der Waals surface area contributed by atoms with Gasteiger partial charge in [-0.1, -0.05) is 6.92 Å². The Balaban J connectivity index is 3.06. The third kappa shape index (κ3) is 6.07. The highest BCUT2D eigenvalue weighted by molar-refractivity contribution is 7.81. The van der Waals surface area contributed by atoms with E-state index in [0.29, 0.717) is 0 Å². The van der Waals surface area contributed by atoms with Crippen LogP contribution in [0.1, 0.15) is 13.3 Å². The van der Waals surface area contributed by atoms with Crippen molar-refractivity contribution in [3.8, 4) is 0 Å². The van der Waals surface area contributed by atoms with E-state index >= 15 is 0 Å². The Morgan fingerprint density at radius 3 is 2.10 bits per heavy atom. The molecule has 1 aliphatic rings. The lowest BCUT2D eigenvalue weighted by Gasteiger charge is -2.41. The van der Waals surface area contributed by atoms with Gasteiger partial charge in [0.15, 0.2) is 0 Å². The third-order valence-electron chi connectivity index (χ3n) is 2.55. The van der Waals surface area contributed by atoms with Crippen LogP contribution in [0, 0.1) is 0 Å². The Bertz CT molecular complexity index is 526. The fraction of sp³-hybridized carbons (Fsp3) is 1.00. The van der Waals surface area contributed by atoms with Crippen molar-refractivity contribution in [2.45, 2.75) is 37.8 Å². The molecule has 12 nitrogen and oxygen atoms in total. The molecule has 1 rings (SSSR count). The van der Waals surface area contributed by atoms with Crippen molar-refractivity contribution in [2.75, 3.05) is 6.61 Å². The third-order valence-corrected chi connectivity index (χ3v) is 3.50. The highest BCUT2D eigenvalue weighted by atomic mass is 32.3. The second-order valence-corrected chi connectivity index (χ2v) is 5.94. The molecule has 0 aromatic carbocycles. The van der Waals surface area contributed by atoms with Crippen LogP contribution in [0.2, 0.25) is 0 Å². The molecular formula is C7H11O12S2-3. The first-order valence-corrected chi connectivity index (χ1v) is 8.09. The summed E-state index contributed by atoms with van der Waals surface area (Å²) in [6.07, 6.45) is -6.11. The zero-order valence-electron chi connectivity index (χ0n) is 10.4. The van der Waals surface area contributed by atoms with Gasteiger partial charge in [-0.05, 0) is 6.42 Å². The number of rotatable bonds is 7. The molecular weight excluding hydrogens is 340 g/mol. The van der Waals surface area contributed by atoms with Crippen molar-refractivity contribution in [1.82, 2.24) is 0 Å². The minimum absolute atomic E-state index is 0.170. The summed E-state index contributed by atoms with van der Waals surface area (Å²) in [6.45, 7) is 0.971. The normalized spacial score (nSPS) is 31.2. The van der Waals surface area contributed by atoms with E-state index in [1.807, 2.05) is 0 Å². The highest BCUT2D eigenvalue weighted by Gasteiger charge is 2.45. The summed E-state index contributed by atoms with van der Waals surface area (Å²) in [7, 11) is -10.6. The molecule has 126 valence electrons. The van der Waals surface area contributed by atoms with Crippen molar-refractivity contribution in [3.05, 3.63) is 0 Å². The standard InChI is InChI=1S/C7H14O12S2/c1-2-4-6(16-19-8)7(18-21(12,13)14)5(3-15-4)17-20(9,10)11/h4-8H,2-3H2,1H3,(H,9,10,11)(H,12,13,14)/p-3/t4?,5?,6-,7+/m1/s1. The van der Waals surface area contributed by atoms with E-state index in [9.17, 15) is 31.2 Å². The molecule has 4 atom stereocenters. The van der Waals surface area contributed by atoms with E-state index in [1.165, 1.54) is 0 Å². The average molecular weight is 351 g/mol. The van der Waals surface area contributed by atoms with Crippen molar-refractivity contribution in [1.29, 1.82) is 0 Å². The Morgan fingerprint density at radius 1 is 1.10 bits per heavy atom. The summed E-state index contributed by atoms with van der Waals surface area (Å²) < 4.78 is 76.9. The van der Waals surface area contributed by atoms with Gasteiger partial charge in [0.1, 0.15) is 18.3 Å². The van der Waals surface area contributed by atoms with Gasteiger partial charge in [0.25, 0.3) is 0 Å². The van der Waals surface area contributed by atoms with Crippen LogP contribution in [0.4, 0.5) is 0 Å². The molecule has 0 spiro atoms. The van der Waals surface area contributed by atoms with Gasteiger partial charge in [-0.25, -0.2) is 21.7 Å². The molecule has 1 saturated heterocycles. The topological polar surface area (TPSA) is 184 Å². The summed E-state index contributed by atoms with van der Waals surface area (Å²) >= 11 is 0. The monoisotopic (exact) mass is 351 g/mol. The lowest BCUT2D eigenvalue weighted by atomic mass is 9.98. The summed E-state index contributed by atoms with van der Waals surface area (Å²) in [6, 6.07) is 0. The second kappa shape index (κ2) is 7.23. The maximum Gasteiger partial charge on any atom is 0.218 e. The minimum Gasteiger partial charge on any atom is -0.726 e. The number of hydrogen-bond acceptors (Lipinski definition) is 12. The van der Waals surface area contributed by atoms with Gasteiger partial charge in [-0.3, -0.25) is 13.4 Å². The van der Waals surface area contributed by atoms with Crippen molar-refractivity contribution >= 4 is 20.8 Å². The smallest absolute Gasteiger partial charge is 0.218 e. The number of hydrogen-bond donors (Lipinski definition) is 0. The second-order valence-electron chi connectivity index (χ2n) is 3.92. The molecule has 0 bridgehead atoms. The lowest BCUT2D eigenvalue weighted by Crippen LogP contribution is -2.57. The van der Waals surface area contributed by atoms with E-state index in [2.05, 4.69) is 18.3 Å². The van der Waals surface area contributed by atoms with Gasteiger partial charge in [0, 0.05) is 0 Å². The molecule has 0 aromatic heterocycles. The van der Waals surface area contributed by atoms with Gasteiger partial charge in [-0.2, -0.15) is 0 Å². The van der Waals surface area contributed by atoms with E-state index in [1.54, 1.807) is 6.92 Å². The average Bonchev–Trinajstić information content (AvgIpc) is 2.30. The number of ether oxygens (including phenoxy) is 1. The maximum absolute atomic E-state index is 10.7. The van der Waals surface area contributed by atoms with Gasteiger partial charge >= 0.3 is 0 Å². The van der Waals surface area contributed by atoms with E-state index < -0.39 is 51.8 Å². The van der Waals surface area contributed by atoms with E-state index in [4.69, 9.17) is 4.74 Å². The Kier molecular flexibility index (Phi) is 6.41. The van der Waals surface area contributed by atoms with E-state index in [-0.39, 0.29) is 6.42 Å². The maximum atomic E-state index is 10.7. The Morgan fingerprint density at radius 2 is 1.67 bits per heavy atom. The van der Waals surface area contributed by atoms with Crippen LogP contribution in [0.5, 0.6) is 0 Å². The van der Waals surface area contributed by atoms with Crippen LogP contribution in [0.25, 0.3) is 0 Å². The minimum atomic E-state index is -5.32. The van der Waals surface area contributed by atoms with Crippen LogP contribution < -0.4 is 5.26 Å². The van der Waals surface area contributed by atoms with Gasteiger partial charge in [0.2, 0.25) is 20.8 Å². The quantitative estimate of drug-likeness (QED) is 0.197. The molecule has 1 heterocycles. The zero-order chi connectivity index (χ0) is 16.3. The molecule has 0 amide bonds. The highest BCUT2D eigenvalue weighted by Crippen LogP contribution is 2.27. The molecule has 14 heteroatoms. The lowest BCUT2D eigenvalue weighted by molar-refractivity contribution is -0.807. The molecule has 21 heavy (non-hydrogen) atoms. The first-order chi connectivity index (χ1) is 9.57. The molecule has 1 fully saturated rings. The van der Waals surface area contributed by atoms with Gasteiger partial charge < -0.3 is 19.1 Å². The molecule has 1 aliphatic heterocycles. The van der Waals surface area contributed by atoms with Gasteiger partial charge in [-0.15, -0.1) is 0 Å². The predicted octanol–water partition coefficient (Wildman–Crippen LogP) is -2.92. The first kappa shape index (κ1) is 18.6. The van der Waals surface area contributed by atoms with Crippen LogP contribution in [-0.4, -0.2) is 57.0 Å². The van der Waals surface area contributed by atoms with E-state index in [0.717, 1.165) is 0 Å². The van der Waals surface area contributed by atoms with Crippen molar-refractivity contribution in [3.63, 3.8) is 0 Å². The summed E-state index contributed by atoms with van der Waals surface area (Å²) in [4.78, 5) is 4.20. The fourth-order valence-electron chi connectivity index (χ4n) is 1.83. The zero-order valence-corrected chi connectivity index (χ0v) is 12.1. The first-order valence-electron chi connectivity index (χ1n) is 5.42. The SMILES string of the molecule is CCC1OCC(OS(=O)(=O)[O-])[C@H](OS(=O)(=O)[O-])[C@@H]1OO[O-]. The summed E-state index contributed by atoms with van der Waals surface area (Å²) in [5, 5.41) is 13.2. The largest absolute Gasteiger partial charge is 0.726 e. The van der Waals surface area contributed by atoms with Gasteiger partial charge in [0.05, 0.1) is 12.7 Å². The predicted molar refractivity (Wildman–Crippen MR) is 55.1 cm³/mol. The van der Waals surface area contributed by atoms with Crippen LogP contribution in [0.3, 0.4) is 0 Å². The van der Waals surface area contributed by atoms with Crippen LogP contribution >= 0.6 is 0 Å². The van der Waals surface area contributed by atoms with Crippen molar-refractivity contribution < 1.29 is 54.2 Å². The summed E-state index contributed by atoms with van der Waals surface area (Å²) in [5.74, 6) is 0. The Labute approximate surface area is 120 Å². The molecule has 0 aromatic rings. The molecule has 2 unspecified atom stereocenters. The Hall–Kier alpha value is -0.420. The van der Waals surface area contributed by atoms with Crippen LogP contribution in [-0.2, 0) is 43.8 Å².